The second-order valence-electron chi connectivity index (χ2n) is 4.20. The molecule has 3 aromatic rings. The lowest BCUT2D eigenvalue weighted by Crippen LogP contribution is -2.24. The van der Waals surface area contributed by atoms with Gasteiger partial charge < -0.3 is 5.32 Å². The summed E-state index contributed by atoms with van der Waals surface area (Å²) in [5.74, 6) is 0.272. The maximum Gasteiger partial charge on any atom is 0.254 e. The van der Waals surface area contributed by atoms with E-state index in [1.807, 2.05) is 24.4 Å². The van der Waals surface area contributed by atoms with E-state index in [0.29, 0.717) is 11.5 Å². The minimum absolute atomic E-state index is 0.0612. The van der Waals surface area contributed by atoms with Gasteiger partial charge in [0.1, 0.15) is 10.3 Å². The first-order chi connectivity index (χ1) is 10.1. The van der Waals surface area contributed by atoms with Crippen molar-refractivity contribution in [3.8, 4) is 0 Å². The van der Waals surface area contributed by atoms with Gasteiger partial charge >= 0.3 is 0 Å². The first kappa shape index (κ1) is 13.8. The van der Waals surface area contributed by atoms with Gasteiger partial charge in [0.25, 0.3) is 5.91 Å². The third-order valence-corrected chi connectivity index (χ3v) is 3.35. The number of nitrogens with zero attached hydrogens (tertiary/aromatic N) is 4. The predicted octanol–water partition coefficient (Wildman–Crippen LogP) is 2.36. The monoisotopic (exact) mass is 321 g/mol. The van der Waals surface area contributed by atoms with Crippen LogP contribution in [0.2, 0.25) is 10.3 Å². The lowest BCUT2D eigenvalue weighted by Gasteiger charge is -2.05. The van der Waals surface area contributed by atoms with Gasteiger partial charge in [-0.2, -0.15) is 0 Å². The summed E-state index contributed by atoms with van der Waals surface area (Å²) in [5, 5.41) is 11.1. The first-order valence-corrected chi connectivity index (χ1v) is 6.79. The normalized spacial score (nSPS) is 10.8. The molecule has 0 atom stereocenters. The fraction of sp³-hybridized carbons (Fsp3) is 0.0769. The van der Waals surface area contributed by atoms with Gasteiger partial charge in [-0.25, -0.2) is 4.98 Å². The molecule has 0 unspecified atom stereocenters. The van der Waals surface area contributed by atoms with Crippen LogP contribution < -0.4 is 5.32 Å². The molecule has 0 bridgehead atoms. The van der Waals surface area contributed by atoms with Gasteiger partial charge in [0.15, 0.2) is 11.5 Å². The maximum atomic E-state index is 12.1. The van der Waals surface area contributed by atoms with E-state index in [2.05, 4.69) is 20.5 Å². The number of hydrogen-bond donors (Lipinski definition) is 1. The third-order valence-electron chi connectivity index (χ3n) is 2.85. The molecule has 106 valence electrons. The van der Waals surface area contributed by atoms with Crippen molar-refractivity contribution in [2.75, 3.05) is 0 Å². The highest BCUT2D eigenvalue weighted by atomic mass is 35.5. The SMILES string of the molecule is O=C(NCc1nnc2ccccn12)c1ccc(Cl)nc1Cl. The molecule has 0 radical (unpaired) electrons. The largest absolute Gasteiger partial charge is 0.345 e. The summed E-state index contributed by atoms with van der Waals surface area (Å²) >= 11 is 11.6. The molecule has 0 saturated carbocycles. The maximum absolute atomic E-state index is 12.1. The molecule has 0 aliphatic heterocycles. The molecule has 6 nitrogen and oxygen atoms in total. The molecule has 8 heteroatoms. The number of carbonyl (C=O) groups excluding carboxylic acids is 1. The van der Waals surface area contributed by atoms with E-state index in [1.165, 1.54) is 12.1 Å². The van der Waals surface area contributed by atoms with Crippen molar-refractivity contribution in [3.63, 3.8) is 0 Å². The first-order valence-electron chi connectivity index (χ1n) is 6.04. The molecule has 0 saturated heterocycles. The molecule has 3 aromatic heterocycles. The number of nitrogens with one attached hydrogen (secondary N) is 1. The minimum Gasteiger partial charge on any atom is -0.345 e. The quantitative estimate of drug-likeness (QED) is 0.752. The van der Waals surface area contributed by atoms with Crippen LogP contribution >= 0.6 is 23.2 Å². The highest BCUT2D eigenvalue weighted by Gasteiger charge is 2.13. The smallest absolute Gasteiger partial charge is 0.254 e. The standard InChI is InChI=1S/C13H9Cl2N5O/c14-9-5-4-8(12(15)17-9)13(21)16-7-11-19-18-10-3-1-2-6-20(10)11/h1-6H,7H2,(H,16,21). The van der Waals surface area contributed by atoms with Gasteiger partial charge in [-0.1, -0.05) is 29.3 Å². The lowest BCUT2D eigenvalue weighted by molar-refractivity contribution is 0.0949. The van der Waals surface area contributed by atoms with E-state index in [-0.39, 0.29) is 28.3 Å². The summed E-state index contributed by atoms with van der Waals surface area (Å²) in [5.41, 5.74) is 0.975. The number of amides is 1. The summed E-state index contributed by atoms with van der Waals surface area (Å²) in [7, 11) is 0. The fourth-order valence-electron chi connectivity index (χ4n) is 1.85. The Morgan fingerprint density at radius 2 is 2.05 bits per heavy atom. The van der Waals surface area contributed by atoms with E-state index in [4.69, 9.17) is 23.2 Å². The van der Waals surface area contributed by atoms with Gasteiger partial charge in [-0.05, 0) is 24.3 Å². The summed E-state index contributed by atoms with van der Waals surface area (Å²) < 4.78 is 1.79. The molecular formula is C13H9Cl2N5O. The van der Waals surface area contributed by atoms with Crippen molar-refractivity contribution in [1.82, 2.24) is 24.9 Å². The summed E-state index contributed by atoms with van der Waals surface area (Å²) in [6.07, 6.45) is 1.83. The predicted molar refractivity (Wildman–Crippen MR) is 78.4 cm³/mol. The van der Waals surface area contributed by atoms with E-state index in [1.54, 1.807) is 4.40 Å². The van der Waals surface area contributed by atoms with Gasteiger partial charge in [-0.15, -0.1) is 10.2 Å². The summed E-state index contributed by atoms with van der Waals surface area (Å²) in [6.45, 7) is 0.225. The third kappa shape index (κ3) is 2.81. The van der Waals surface area contributed by atoms with Crippen LogP contribution in [0.25, 0.3) is 5.65 Å². The van der Waals surface area contributed by atoms with Crippen LogP contribution in [0.5, 0.6) is 0 Å². The number of carbonyl (C=O) groups is 1. The summed E-state index contributed by atoms with van der Waals surface area (Å²) in [6, 6.07) is 8.59. The van der Waals surface area contributed by atoms with Crippen LogP contribution in [0, 0.1) is 0 Å². The zero-order valence-corrected chi connectivity index (χ0v) is 12.1. The Morgan fingerprint density at radius 3 is 2.86 bits per heavy atom. The Bertz CT molecular complexity index is 817. The molecule has 3 rings (SSSR count). The van der Waals surface area contributed by atoms with E-state index >= 15 is 0 Å². The number of fused-ring (bicyclic) bond motifs is 1. The molecule has 0 aliphatic rings. The van der Waals surface area contributed by atoms with E-state index in [9.17, 15) is 4.79 Å². The Morgan fingerprint density at radius 1 is 1.19 bits per heavy atom. The second-order valence-corrected chi connectivity index (χ2v) is 4.95. The zero-order chi connectivity index (χ0) is 14.8. The summed E-state index contributed by atoms with van der Waals surface area (Å²) in [4.78, 5) is 15.9. The van der Waals surface area contributed by atoms with Gasteiger partial charge in [0, 0.05) is 6.20 Å². The highest BCUT2D eigenvalue weighted by molar-refractivity contribution is 6.34. The van der Waals surface area contributed by atoms with Crippen LogP contribution in [0.1, 0.15) is 16.2 Å². The highest BCUT2D eigenvalue weighted by Crippen LogP contribution is 2.16. The van der Waals surface area contributed by atoms with Crippen LogP contribution in [-0.2, 0) is 6.54 Å². The Labute approximate surface area is 129 Å². The van der Waals surface area contributed by atoms with Crippen molar-refractivity contribution in [2.24, 2.45) is 0 Å². The molecular weight excluding hydrogens is 313 g/mol. The molecule has 21 heavy (non-hydrogen) atoms. The van der Waals surface area contributed by atoms with E-state index < -0.39 is 0 Å². The molecule has 3 heterocycles. The average molecular weight is 322 g/mol. The molecule has 1 N–H and O–H groups in total. The van der Waals surface area contributed by atoms with Crippen molar-refractivity contribution in [3.05, 3.63) is 58.2 Å². The molecule has 0 aliphatic carbocycles. The van der Waals surface area contributed by atoms with Crippen molar-refractivity contribution >= 4 is 34.8 Å². The van der Waals surface area contributed by atoms with Crippen LogP contribution in [-0.4, -0.2) is 25.5 Å². The van der Waals surface area contributed by atoms with Crippen LogP contribution in [0.15, 0.2) is 36.5 Å². The van der Waals surface area contributed by atoms with Crippen molar-refractivity contribution in [2.45, 2.75) is 6.54 Å². The molecule has 1 amide bonds. The molecule has 0 aromatic carbocycles. The van der Waals surface area contributed by atoms with Crippen molar-refractivity contribution < 1.29 is 4.79 Å². The fourth-order valence-corrected chi connectivity index (χ4v) is 2.28. The van der Waals surface area contributed by atoms with Crippen LogP contribution in [0.4, 0.5) is 0 Å². The number of pyridine rings is 2. The lowest BCUT2D eigenvalue weighted by atomic mass is 10.2. The van der Waals surface area contributed by atoms with Crippen molar-refractivity contribution in [1.29, 1.82) is 0 Å². The number of aromatic nitrogens is 4. The topological polar surface area (TPSA) is 72.2 Å². The van der Waals surface area contributed by atoms with Gasteiger partial charge in [0.05, 0.1) is 12.1 Å². The van der Waals surface area contributed by atoms with Crippen LogP contribution in [0.3, 0.4) is 0 Å². The Kier molecular flexibility index (Phi) is 3.72. The minimum atomic E-state index is -0.350. The van der Waals surface area contributed by atoms with Gasteiger partial charge in [-0.3, -0.25) is 9.20 Å². The molecule has 0 spiro atoms. The number of rotatable bonds is 3. The Balaban J connectivity index is 1.77. The number of halogens is 2. The number of hydrogen-bond acceptors (Lipinski definition) is 4. The Hall–Kier alpha value is -2.18. The van der Waals surface area contributed by atoms with Gasteiger partial charge in [0.2, 0.25) is 0 Å². The zero-order valence-electron chi connectivity index (χ0n) is 10.6. The molecule has 0 fully saturated rings. The average Bonchev–Trinajstić information content (AvgIpc) is 2.88. The second kappa shape index (κ2) is 5.67. The van der Waals surface area contributed by atoms with E-state index in [0.717, 1.165) is 0 Å².